The summed E-state index contributed by atoms with van der Waals surface area (Å²) in [7, 11) is 3.09. The van der Waals surface area contributed by atoms with Crippen molar-refractivity contribution in [2.75, 3.05) is 19.5 Å². The number of aromatic nitrogens is 2. The number of halogens is 1. The number of pyridine rings is 2. The summed E-state index contributed by atoms with van der Waals surface area (Å²) in [5.74, 6) is 0.770. The van der Waals surface area contributed by atoms with Crippen LogP contribution in [0, 0.1) is 0 Å². The van der Waals surface area contributed by atoms with Gasteiger partial charge in [0.05, 0.1) is 24.9 Å². The maximum Gasteiger partial charge on any atom is 0.270 e. The third kappa shape index (κ3) is 4.69. The van der Waals surface area contributed by atoms with E-state index in [1.807, 2.05) is 12.1 Å². The SMILES string of the molecule is COc1cc(Nc2ccnc(C(=O)NCc3cccnc3)c2)c(OC)cc1Cl. The summed E-state index contributed by atoms with van der Waals surface area (Å²) < 4.78 is 10.6. The average Bonchev–Trinajstić information content (AvgIpc) is 2.73. The summed E-state index contributed by atoms with van der Waals surface area (Å²) >= 11 is 6.14. The summed E-state index contributed by atoms with van der Waals surface area (Å²) in [6.07, 6.45) is 4.94. The highest BCUT2D eigenvalue weighted by Gasteiger charge is 2.12. The molecule has 0 fully saturated rings. The van der Waals surface area contributed by atoms with Gasteiger partial charge in [-0.2, -0.15) is 0 Å². The van der Waals surface area contributed by atoms with Gasteiger partial charge >= 0.3 is 0 Å². The minimum absolute atomic E-state index is 0.284. The minimum Gasteiger partial charge on any atom is -0.495 e. The van der Waals surface area contributed by atoms with Crippen LogP contribution in [0.5, 0.6) is 11.5 Å². The van der Waals surface area contributed by atoms with Crippen molar-refractivity contribution in [1.82, 2.24) is 15.3 Å². The summed E-state index contributed by atoms with van der Waals surface area (Å²) in [6.45, 7) is 0.369. The second kappa shape index (κ2) is 9.05. The van der Waals surface area contributed by atoms with Crippen LogP contribution in [0.15, 0.2) is 55.0 Å². The zero-order valence-corrected chi connectivity index (χ0v) is 16.2. The number of anilines is 2. The first-order chi connectivity index (χ1) is 13.6. The Kier molecular flexibility index (Phi) is 6.29. The normalized spacial score (nSPS) is 10.2. The predicted molar refractivity (Wildman–Crippen MR) is 107 cm³/mol. The van der Waals surface area contributed by atoms with Crippen molar-refractivity contribution in [2.24, 2.45) is 0 Å². The van der Waals surface area contributed by atoms with Gasteiger partial charge in [-0.1, -0.05) is 17.7 Å². The van der Waals surface area contributed by atoms with Gasteiger partial charge in [0, 0.05) is 43.0 Å². The van der Waals surface area contributed by atoms with Gasteiger partial charge in [-0.05, 0) is 23.8 Å². The van der Waals surface area contributed by atoms with Crippen LogP contribution < -0.4 is 20.1 Å². The van der Waals surface area contributed by atoms with E-state index in [1.54, 1.807) is 50.0 Å². The Hall–Kier alpha value is -3.32. The molecule has 0 saturated carbocycles. The Morgan fingerprint density at radius 3 is 2.64 bits per heavy atom. The van der Waals surface area contributed by atoms with Crippen molar-refractivity contribution in [3.63, 3.8) is 0 Å². The number of carbonyl (C=O) groups is 1. The van der Waals surface area contributed by atoms with Crippen molar-refractivity contribution < 1.29 is 14.3 Å². The van der Waals surface area contributed by atoms with Crippen molar-refractivity contribution >= 4 is 28.9 Å². The maximum absolute atomic E-state index is 12.4. The third-order valence-corrected chi connectivity index (χ3v) is 4.22. The van der Waals surface area contributed by atoms with Crippen LogP contribution in [0.2, 0.25) is 5.02 Å². The summed E-state index contributed by atoms with van der Waals surface area (Å²) in [5.41, 5.74) is 2.51. The third-order valence-electron chi connectivity index (χ3n) is 3.92. The monoisotopic (exact) mass is 398 g/mol. The lowest BCUT2D eigenvalue weighted by Crippen LogP contribution is -2.23. The molecule has 2 heterocycles. The zero-order valence-electron chi connectivity index (χ0n) is 15.4. The topological polar surface area (TPSA) is 85.4 Å². The molecular weight excluding hydrogens is 380 g/mol. The first kappa shape index (κ1) is 19.4. The molecule has 0 unspecified atom stereocenters. The molecular formula is C20H19ClN4O3. The van der Waals surface area contributed by atoms with Crippen molar-refractivity contribution in [2.45, 2.75) is 6.54 Å². The molecule has 3 rings (SSSR count). The minimum atomic E-state index is -0.284. The molecule has 0 bridgehead atoms. The highest BCUT2D eigenvalue weighted by molar-refractivity contribution is 6.32. The molecule has 1 aromatic carbocycles. The molecule has 0 aliphatic heterocycles. The van der Waals surface area contributed by atoms with Crippen LogP contribution in [0.4, 0.5) is 11.4 Å². The number of carbonyl (C=O) groups excluding carboxylic acids is 1. The molecule has 0 saturated heterocycles. The molecule has 2 aromatic heterocycles. The molecule has 144 valence electrons. The molecule has 1 amide bonds. The Balaban J connectivity index is 1.75. The number of rotatable bonds is 7. The van der Waals surface area contributed by atoms with Gasteiger partial charge in [-0.25, -0.2) is 0 Å². The first-order valence-electron chi connectivity index (χ1n) is 8.42. The fourth-order valence-electron chi connectivity index (χ4n) is 2.52. The summed E-state index contributed by atoms with van der Waals surface area (Å²) in [4.78, 5) is 20.6. The Morgan fingerprint density at radius 1 is 1.11 bits per heavy atom. The smallest absolute Gasteiger partial charge is 0.270 e. The molecule has 28 heavy (non-hydrogen) atoms. The number of methoxy groups -OCH3 is 2. The van der Waals surface area contributed by atoms with Crippen LogP contribution in [0.25, 0.3) is 0 Å². The maximum atomic E-state index is 12.4. The Bertz CT molecular complexity index is 967. The Labute approximate surface area is 167 Å². The molecule has 0 radical (unpaired) electrons. The molecule has 0 aliphatic carbocycles. The van der Waals surface area contributed by atoms with Crippen LogP contribution in [0.1, 0.15) is 16.1 Å². The van der Waals surface area contributed by atoms with Gasteiger partial charge < -0.3 is 20.1 Å². The largest absolute Gasteiger partial charge is 0.495 e. The lowest BCUT2D eigenvalue weighted by atomic mass is 10.2. The van der Waals surface area contributed by atoms with Crippen LogP contribution in [-0.4, -0.2) is 30.1 Å². The first-order valence-corrected chi connectivity index (χ1v) is 8.80. The van der Waals surface area contributed by atoms with E-state index in [-0.39, 0.29) is 11.6 Å². The van der Waals surface area contributed by atoms with Crippen molar-refractivity contribution in [1.29, 1.82) is 0 Å². The van der Waals surface area contributed by atoms with E-state index in [4.69, 9.17) is 21.1 Å². The van der Waals surface area contributed by atoms with E-state index < -0.39 is 0 Å². The van der Waals surface area contributed by atoms with Crippen molar-refractivity contribution in [3.8, 4) is 11.5 Å². The molecule has 0 aliphatic rings. The fourth-order valence-corrected chi connectivity index (χ4v) is 2.75. The van der Waals surface area contributed by atoms with Crippen molar-refractivity contribution in [3.05, 3.63) is 71.3 Å². The van der Waals surface area contributed by atoms with Gasteiger partial charge in [0.15, 0.2) is 0 Å². The highest BCUT2D eigenvalue weighted by atomic mass is 35.5. The molecule has 2 N–H and O–H groups in total. The molecule has 0 atom stereocenters. The number of benzene rings is 1. The zero-order chi connectivity index (χ0) is 19.9. The number of nitrogens with zero attached hydrogens (tertiary/aromatic N) is 2. The van der Waals surface area contributed by atoms with Gasteiger partial charge in [0.2, 0.25) is 0 Å². The standard InChI is InChI=1S/C20H19ClN4O3/c1-27-18-10-16(19(28-2)9-15(18)21)25-14-5-7-23-17(8-14)20(26)24-12-13-4-3-6-22-11-13/h3-11H,12H2,1-2H3,(H,23,25)(H,24,26). The van der Waals surface area contributed by atoms with Gasteiger partial charge in [-0.3, -0.25) is 14.8 Å². The lowest BCUT2D eigenvalue weighted by molar-refractivity contribution is 0.0946. The number of ether oxygens (including phenoxy) is 2. The summed E-state index contributed by atoms with van der Waals surface area (Å²) in [5, 5.41) is 6.46. The number of nitrogens with one attached hydrogen (secondary N) is 2. The van der Waals surface area contributed by atoms with E-state index in [0.29, 0.717) is 34.4 Å². The van der Waals surface area contributed by atoms with Crippen LogP contribution >= 0.6 is 11.6 Å². The van der Waals surface area contributed by atoms with Gasteiger partial charge in [-0.15, -0.1) is 0 Å². The van der Waals surface area contributed by atoms with Gasteiger partial charge in [0.1, 0.15) is 17.2 Å². The molecule has 8 heteroatoms. The molecule has 0 spiro atoms. The second-order valence-electron chi connectivity index (χ2n) is 5.79. The molecule has 3 aromatic rings. The highest BCUT2D eigenvalue weighted by Crippen LogP contribution is 2.37. The van der Waals surface area contributed by atoms with E-state index in [9.17, 15) is 4.79 Å². The average molecular weight is 399 g/mol. The van der Waals surface area contributed by atoms with Crippen LogP contribution in [-0.2, 0) is 6.54 Å². The van der Waals surface area contributed by atoms with E-state index >= 15 is 0 Å². The second-order valence-corrected chi connectivity index (χ2v) is 6.19. The number of hydrogen-bond acceptors (Lipinski definition) is 6. The Morgan fingerprint density at radius 2 is 1.93 bits per heavy atom. The number of hydrogen-bond donors (Lipinski definition) is 2. The predicted octanol–water partition coefficient (Wildman–Crippen LogP) is 3.82. The van der Waals surface area contributed by atoms with Crippen LogP contribution in [0.3, 0.4) is 0 Å². The quantitative estimate of drug-likeness (QED) is 0.629. The van der Waals surface area contributed by atoms with Gasteiger partial charge in [0.25, 0.3) is 5.91 Å². The van der Waals surface area contributed by atoms with E-state index in [0.717, 1.165) is 5.56 Å². The lowest BCUT2D eigenvalue weighted by Gasteiger charge is -2.14. The van der Waals surface area contributed by atoms with E-state index in [1.165, 1.54) is 7.11 Å². The van der Waals surface area contributed by atoms with E-state index in [2.05, 4.69) is 20.6 Å². The fraction of sp³-hybridized carbons (Fsp3) is 0.150. The summed E-state index contributed by atoms with van der Waals surface area (Å²) in [6, 6.07) is 10.5. The number of amides is 1. The molecule has 7 nitrogen and oxygen atoms in total.